The quantitative estimate of drug-likeness (QED) is 0.902. The molecule has 0 aliphatic rings. The molecule has 2 aromatic rings. The van der Waals surface area contributed by atoms with Gasteiger partial charge in [-0.15, -0.1) is 11.3 Å². The Morgan fingerprint density at radius 2 is 2.28 bits per heavy atom. The first-order valence-corrected chi connectivity index (χ1v) is 6.75. The molecule has 1 N–H and O–H groups in total. The van der Waals surface area contributed by atoms with Crippen LogP contribution in [0.2, 0.25) is 0 Å². The predicted molar refractivity (Wildman–Crippen MR) is 71.3 cm³/mol. The van der Waals surface area contributed by atoms with Crippen LogP contribution in [-0.2, 0) is 13.1 Å². The lowest BCUT2D eigenvalue weighted by molar-refractivity contribution is 0.188. The van der Waals surface area contributed by atoms with Crippen LogP contribution in [0.15, 0.2) is 40.3 Å². The summed E-state index contributed by atoms with van der Waals surface area (Å²) in [5.74, 6) is 0.790. The number of hydrogen-bond donors (Lipinski definition) is 1. The van der Waals surface area contributed by atoms with Crippen LogP contribution in [0.3, 0.4) is 0 Å². The van der Waals surface area contributed by atoms with E-state index in [-0.39, 0.29) is 6.03 Å². The van der Waals surface area contributed by atoms with Gasteiger partial charge in [0.15, 0.2) is 0 Å². The average Bonchev–Trinajstić information content (AvgIpc) is 3.01. The third kappa shape index (κ3) is 3.37. The van der Waals surface area contributed by atoms with Crippen LogP contribution < -0.4 is 5.32 Å². The molecule has 2 rings (SSSR count). The zero-order valence-electron chi connectivity index (χ0n) is 10.3. The number of urea groups is 1. The second-order valence-electron chi connectivity index (χ2n) is 3.85. The molecule has 0 bridgehead atoms. The second kappa shape index (κ2) is 6.26. The summed E-state index contributed by atoms with van der Waals surface area (Å²) in [7, 11) is 0. The first kappa shape index (κ1) is 12.7. The van der Waals surface area contributed by atoms with E-state index in [4.69, 9.17) is 4.42 Å². The number of furan rings is 1. The van der Waals surface area contributed by atoms with Crippen molar-refractivity contribution in [1.82, 2.24) is 10.2 Å². The fourth-order valence-electron chi connectivity index (χ4n) is 1.64. The molecule has 0 unspecified atom stereocenters. The molecular weight excluding hydrogens is 248 g/mol. The van der Waals surface area contributed by atoms with Gasteiger partial charge in [0.25, 0.3) is 0 Å². The molecule has 2 heterocycles. The topological polar surface area (TPSA) is 45.5 Å². The summed E-state index contributed by atoms with van der Waals surface area (Å²) in [5.41, 5.74) is 0. The van der Waals surface area contributed by atoms with E-state index < -0.39 is 0 Å². The highest BCUT2D eigenvalue weighted by atomic mass is 32.1. The second-order valence-corrected chi connectivity index (χ2v) is 4.88. The van der Waals surface area contributed by atoms with Crippen LogP contribution in [0, 0.1) is 0 Å². The number of rotatable bonds is 5. The standard InChI is InChI=1S/C13H16N2O2S/c1-2-14-13(16)15(9-11-5-3-7-17-11)10-12-6-4-8-18-12/h3-8H,2,9-10H2,1H3,(H,14,16). The minimum absolute atomic E-state index is 0.0673. The Morgan fingerprint density at radius 1 is 1.39 bits per heavy atom. The van der Waals surface area contributed by atoms with Crippen molar-refractivity contribution in [2.75, 3.05) is 6.54 Å². The molecule has 0 fully saturated rings. The van der Waals surface area contributed by atoms with Crippen molar-refractivity contribution in [1.29, 1.82) is 0 Å². The maximum absolute atomic E-state index is 12.0. The van der Waals surface area contributed by atoms with E-state index in [9.17, 15) is 4.79 Å². The Bertz CT molecular complexity index is 429. The monoisotopic (exact) mass is 264 g/mol. The predicted octanol–water partition coefficient (Wildman–Crippen LogP) is 3.07. The number of hydrogen-bond acceptors (Lipinski definition) is 3. The summed E-state index contributed by atoms with van der Waals surface area (Å²) in [6, 6.07) is 7.65. The van der Waals surface area contributed by atoms with Crippen molar-refractivity contribution in [3.05, 3.63) is 46.5 Å². The van der Waals surface area contributed by atoms with E-state index in [0.717, 1.165) is 10.6 Å². The highest BCUT2D eigenvalue weighted by Gasteiger charge is 2.15. The van der Waals surface area contributed by atoms with Gasteiger partial charge in [0.1, 0.15) is 5.76 Å². The summed E-state index contributed by atoms with van der Waals surface area (Å²) in [5, 5.41) is 4.83. The Morgan fingerprint density at radius 3 is 2.89 bits per heavy atom. The zero-order chi connectivity index (χ0) is 12.8. The van der Waals surface area contributed by atoms with E-state index in [1.807, 2.05) is 36.6 Å². The van der Waals surface area contributed by atoms with Gasteiger partial charge in [0, 0.05) is 11.4 Å². The van der Waals surface area contributed by atoms with Crippen molar-refractivity contribution in [2.24, 2.45) is 0 Å². The van der Waals surface area contributed by atoms with E-state index >= 15 is 0 Å². The van der Waals surface area contributed by atoms with Gasteiger partial charge in [-0.05, 0) is 30.5 Å². The van der Waals surface area contributed by atoms with Crippen LogP contribution in [0.1, 0.15) is 17.6 Å². The fraction of sp³-hybridized carbons (Fsp3) is 0.308. The first-order chi connectivity index (χ1) is 8.79. The molecule has 5 heteroatoms. The Balaban J connectivity index is 2.04. The largest absolute Gasteiger partial charge is 0.467 e. The smallest absolute Gasteiger partial charge is 0.318 e. The third-order valence-electron chi connectivity index (χ3n) is 2.47. The molecule has 0 spiro atoms. The summed E-state index contributed by atoms with van der Waals surface area (Å²) in [6.07, 6.45) is 1.62. The molecule has 0 radical (unpaired) electrons. The lowest BCUT2D eigenvalue weighted by Gasteiger charge is -2.21. The SMILES string of the molecule is CCNC(=O)N(Cc1ccco1)Cc1cccs1. The summed E-state index contributed by atoms with van der Waals surface area (Å²) < 4.78 is 5.29. The van der Waals surface area contributed by atoms with Crippen molar-refractivity contribution < 1.29 is 9.21 Å². The molecule has 0 atom stereocenters. The Hall–Kier alpha value is -1.75. The number of nitrogens with zero attached hydrogens (tertiary/aromatic N) is 1. The molecule has 0 aliphatic heterocycles. The molecule has 0 saturated heterocycles. The lowest BCUT2D eigenvalue weighted by Crippen LogP contribution is -2.38. The van der Waals surface area contributed by atoms with Crippen molar-refractivity contribution in [2.45, 2.75) is 20.0 Å². The Kier molecular flexibility index (Phi) is 4.41. The molecular formula is C13H16N2O2S. The zero-order valence-corrected chi connectivity index (χ0v) is 11.1. The van der Waals surface area contributed by atoms with Gasteiger partial charge in [-0.1, -0.05) is 6.07 Å². The van der Waals surface area contributed by atoms with E-state index in [1.165, 1.54) is 0 Å². The molecule has 0 saturated carbocycles. The summed E-state index contributed by atoms with van der Waals surface area (Å²) in [4.78, 5) is 14.9. The molecule has 4 nitrogen and oxygen atoms in total. The van der Waals surface area contributed by atoms with Crippen LogP contribution in [0.25, 0.3) is 0 Å². The van der Waals surface area contributed by atoms with Crippen molar-refractivity contribution in [3.8, 4) is 0 Å². The van der Waals surface area contributed by atoms with Crippen molar-refractivity contribution >= 4 is 17.4 Å². The van der Waals surface area contributed by atoms with Gasteiger partial charge in [-0.2, -0.15) is 0 Å². The summed E-state index contributed by atoms with van der Waals surface area (Å²) in [6.45, 7) is 3.62. The number of carbonyl (C=O) groups excluding carboxylic acids is 1. The Labute approximate surface area is 110 Å². The maximum atomic E-state index is 12.0. The summed E-state index contributed by atoms with van der Waals surface area (Å²) >= 11 is 1.65. The van der Waals surface area contributed by atoms with Gasteiger partial charge >= 0.3 is 6.03 Å². The number of nitrogens with one attached hydrogen (secondary N) is 1. The van der Waals surface area contributed by atoms with Crippen LogP contribution in [0.5, 0.6) is 0 Å². The maximum Gasteiger partial charge on any atom is 0.318 e. The van der Waals surface area contributed by atoms with Gasteiger partial charge in [0.05, 0.1) is 19.4 Å². The molecule has 2 aromatic heterocycles. The highest BCUT2D eigenvalue weighted by Crippen LogP contribution is 2.14. The average molecular weight is 264 g/mol. The van der Waals surface area contributed by atoms with E-state index in [0.29, 0.717) is 19.6 Å². The van der Waals surface area contributed by atoms with Crippen LogP contribution >= 0.6 is 11.3 Å². The minimum Gasteiger partial charge on any atom is -0.467 e. The number of thiophene rings is 1. The van der Waals surface area contributed by atoms with Gasteiger partial charge in [-0.25, -0.2) is 4.79 Å². The third-order valence-corrected chi connectivity index (χ3v) is 3.33. The first-order valence-electron chi connectivity index (χ1n) is 5.87. The molecule has 96 valence electrons. The van der Waals surface area contributed by atoms with E-state index in [2.05, 4.69) is 5.32 Å². The molecule has 2 amide bonds. The van der Waals surface area contributed by atoms with Gasteiger partial charge < -0.3 is 14.6 Å². The lowest BCUT2D eigenvalue weighted by atomic mass is 10.3. The highest BCUT2D eigenvalue weighted by molar-refractivity contribution is 7.09. The number of amides is 2. The normalized spacial score (nSPS) is 10.3. The van der Waals surface area contributed by atoms with Gasteiger partial charge in [0.2, 0.25) is 0 Å². The molecule has 0 aromatic carbocycles. The molecule has 18 heavy (non-hydrogen) atoms. The van der Waals surface area contributed by atoms with Crippen LogP contribution in [-0.4, -0.2) is 17.5 Å². The minimum atomic E-state index is -0.0673. The fourth-order valence-corrected chi connectivity index (χ4v) is 2.36. The number of carbonyl (C=O) groups is 1. The molecule has 0 aliphatic carbocycles. The van der Waals surface area contributed by atoms with Crippen molar-refractivity contribution in [3.63, 3.8) is 0 Å². The van der Waals surface area contributed by atoms with Crippen LogP contribution in [0.4, 0.5) is 4.79 Å². The van der Waals surface area contributed by atoms with Gasteiger partial charge in [-0.3, -0.25) is 0 Å². The van der Waals surface area contributed by atoms with E-state index in [1.54, 1.807) is 22.5 Å².